The molecule has 0 spiro atoms. The topological polar surface area (TPSA) is 78.9 Å². The van der Waals surface area contributed by atoms with Crippen LogP contribution in [0.5, 0.6) is 0 Å². The molecule has 2 N–H and O–H groups in total. The molecule has 6 nitrogen and oxygen atoms in total. The van der Waals surface area contributed by atoms with Gasteiger partial charge in [-0.3, -0.25) is 14.5 Å². The summed E-state index contributed by atoms with van der Waals surface area (Å²) >= 11 is 0. The molecule has 3 unspecified atom stereocenters. The number of carboxylic acids is 1. The van der Waals surface area contributed by atoms with E-state index in [1.54, 1.807) is 0 Å². The molecule has 0 saturated carbocycles. The quantitative estimate of drug-likeness (QED) is 0.733. The summed E-state index contributed by atoms with van der Waals surface area (Å²) in [4.78, 5) is 24.7. The van der Waals surface area contributed by atoms with Crippen LogP contribution < -0.4 is 5.32 Å². The van der Waals surface area contributed by atoms with E-state index in [0.29, 0.717) is 13.2 Å². The Morgan fingerprint density at radius 1 is 1.61 bits per heavy atom. The van der Waals surface area contributed by atoms with E-state index in [9.17, 15) is 9.59 Å². The molecule has 0 aromatic heterocycles. The number of hydrogen-bond acceptors (Lipinski definition) is 4. The van der Waals surface area contributed by atoms with E-state index in [4.69, 9.17) is 9.84 Å². The average Bonchev–Trinajstić information content (AvgIpc) is 2.31. The zero-order valence-electron chi connectivity index (χ0n) is 10.6. The van der Waals surface area contributed by atoms with E-state index in [1.165, 1.54) is 0 Å². The van der Waals surface area contributed by atoms with Gasteiger partial charge in [-0.25, -0.2) is 0 Å². The number of carbonyl (C=O) groups excluding carboxylic acids is 1. The second-order valence-corrected chi connectivity index (χ2v) is 5.00. The normalized spacial score (nSPS) is 34.1. The van der Waals surface area contributed by atoms with Crippen molar-refractivity contribution in [1.29, 1.82) is 0 Å². The number of hydrogen-bond donors (Lipinski definition) is 2. The fraction of sp³-hybridized carbons (Fsp3) is 0.833. The molecule has 2 aliphatic heterocycles. The summed E-state index contributed by atoms with van der Waals surface area (Å²) in [6.07, 6.45) is 1.79. The molecule has 2 saturated heterocycles. The third kappa shape index (κ3) is 3.00. The molecule has 2 rings (SSSR count). The van der Waals surface area contributed by atoms with Crippen LogP contribution in [-0.4, -0.2) is 59.8 Å². The lowest BCUT2D eigenvalue weighted by Gasteiger charge is -2.42. The van der Waals surface area contributed by atoms with Crippen LogP contribution in [0.1, 0.15) is 26.2 Å². The van der Waals surface area contributed by atoms with Crippen molar-refractivity contribution in [1.82, 2.24) is 10.2 Å². The fourth-order valence-corrected chi connectivity index (χ4v) is 2.82. The first-order valence-electron chi connectivity index (χ1n) is 6.44. The molecule has 0 aliphatic carbocycles. The number of nitrogens with zero attached hydrogens (tertiary/aromatic N) is 1. The van der Waals surface area contributed by atoms with Gasteiger partial charge in [-0.15, -0.1) is 0 Å². The molecule has 2 heterocycles. The second-order valence-electron chi connectivity index (χ2n) is 5.00. The van der Waals surface area contributed by atoms with Gasteiger partial charge in [-0.1, -0.05) is 0 Å². The van der Waals surface area contributed by atoms with Gasteiger partial charge in [0.15, 0.2) is 0 Å². The number of nitrogens with one attached hydrogen (secondary N) is 1. The van der Waals surface area contributed by atoms with Crippen LogP contribution in [0.15, 0.2) is 0 Å². The molecule has 2 aliphatic rings. The van der Waals surface area contributed by atoms with Crippen LogP contribution in [-0.2, 0) is 14.3 Å². The third-order valence-corrected chi connectivity index (χ3v) is 3.67. The minimum atomic E-state index is -0.929. The molecule has 0 aromatic rings. The fourth-order valence-electron chi connectivity index (χ4n) is 2.82. The van der Waals surface area contributed by atoms with Crippen molar-refractivity contribution in [3.8, 4) is 0 Å². The van der Waals surface area contributed by atoms with Crippen molar-refractivity contribution in [3.05, 3.63) is 0 Å². The zero-order chi connectivity index (χ0) is 13.1. The summed E-state index contributed by atoms with van der Waals surface area (Å²) < 4.78 is 5.50. The molecule has 1 amide bonds. The standard InChI is InChI=1S/C12H20N2O4/c1-8-6-9(2-5-18-8)14-4-3-13-12(17)10(14)7-11(15)16/h8-10H,2-7H2,1H3,(H,13,17)(H,15,16). The summed E-state index contributed by atoms with van der Waals surface area (Å²) in [5.41, 5.74) is 0. The lowest BCUT2D eigenvalue weighted by Crippen LogP contribution is -2.60. The molecule has 2 fully saturated rings. The first-order chi connectivity index (χ1) is 8.58. The van der Waals surface area contributed by atoms with E-state index in [0.717, 1.165) is 19.4 Å². The highest BCUT2D eigenvalue weighted by atomic mass is 16.5. The summed E-state index contributed by atoms with van der Waals surface area (Å²) in [5, 5.41) is 11.7. The summed E-state index contributed by atoms with van der Waals surface area (Å²) in [6.45, 7) is 4.02. The van der Waals surface area contributed by atoms with Crippen molar-refractivity contribution in [2.75, 3.05) is 19.7 Å². The Morgan fingerprint density at radius 3 is 3.06 bits per heavy atom. The van der Waals surface area contributed by atoms with Crippen molar-refractivity contribution < 1.29 is 19.4 Å². The van der Waals surface area contributed by atoms with Crippen LogP contribution >= 0.6 is 0 Å². The zero-order valence-corrected chi connectivity index (χ0v) is 10.6. The monoisotopic (exact) mass is 256 g/mol. The molecule has 0 aromatic carbocycles. The number of carbonyl (C=O) groups is 2. The van der Waals surface area contributed by atoms with Crippen molar-refractivity contribution in [3.63, 3.8) is 0 Å². The maximum atomic E-state index is 11.8. The highest BCUT2D eigenvalue weighted by Gasteiger charge is 2.37. The molecule has 0 radical (unpaired) electrons. The summed E-state index contributed by atoms with van der Waals surface area (Å²) in [6, 6.07) is -0.282. The number of rotatable bonds is 3. The Kier molecular flexibility index (Phi) is 4.19. The first kappa shape index (κ1) is 13.3. The molecular weight excluding hydrogens is 236 g/mol. The minimum absolute atomic E-state index is 0.127. The van der Waals surface area contributed by atoms with E-state index in [1.807, 2.05) is 11.8 Å². The summed E-state index contributed by atoms with van der Waals surface area (Å²) in [7, 11) is 0. The summed E-state index contributed by atoms with van der Waals surface area (Å²) in [5.74, 6) is -1.09. The predicted octanol–water partition coefficient (Wildman–Crippen LogP) is -0.171. The number of piperazine rings is 1. The highest BCUT2D eigenvalue weighted by molar-refractivity contribution is 5.86. The predicted molar refractivity (Wildman–Crippen MR) is 64.2 cm³/mol. The molecule has 3 atom stereocenters. The number of carboxylic acid groups (broad SMARTS) is 1. The van der Waals surface area contributed by atoms with E-state index < -0.39 is 12.0 Å². The van der Waals surface area contributed by atoms with Crippen LogP contribution in [0.25, 0.3) is 0 Å². The van der Waals surface area contributed by atoms with E-state index in [2.05, 4.69) is 5.32 Å². The molecule has 18 heavy (non-hydrogen) atoms. The first-order valence-corrected chi connectivity index (χ1v) is 6.44. The van der Waals surface area contributed by atoms with Gasteiger partial charge in [0.1, 0.15) is 0 Å². The number of ether oxygens (including phenoxy) is 1. The van der Waals surface area contributed by atoms with Gasteiger partial charge in [-0.2, -0.15) is 0 Å². The number of aliphatic carboxylic acids is 1. The lowest BCUT2D eigenvalue weighted by atomic mass is 9.98. The second kappa shape index (κ2) is 5.67. The van der Waals surface area contributed by atoms with Gasteiger partial charge < -0.3 is 15.2 Å². The maximum Gasteiger partial charge on any atom is 0.305 e. The van der Waals surface area contributed by atoms with Gasteiger partial charge in [0.05, 0.1) is 18.6 Å². The van der Waals surface area contributed by atoms with Crippen LogP contribution in [0.2, 0.25) is 0 Å². The Morgan fingerprint density at radius 2 is 2.39 bits per heavy atom. The van der Waals surface area contributed by atoms with Gasteiger partial charge in [0, 0.05) is 25.7 Å². The largest absolute Gasteiger partial charge is 0.481 e. The number of amides is 1. The SMILES string of the molecule is CC1CC(N2CCNC(=O)C2CC(=O)O)CCO1. The Bertz CT molecular complexity index is 334. The van der Waals surface area contributed by atoms with Crippen LogP contribution in [0.3, 0.4) is 0 Å². The van der Waals surface area contributed by atoms with Crippen molar-refractivity contribution in [2.24, 2.45) is 0 Å². The minimum Gasteiger partial charge on any atom is -0.481 e. The Labute approximate surface area is 106 Å². The smallest absolute Gasteiger partial charge is 0.305 e. The van der Waals surface area contributed by atoms with Crippen LogP contribution in [0, 0.1) is 0 Å². The maximum absolute atomic E-state index is 11.8. The van der Waals surface area contributed by atoms with E-state index >= 15 is 0 Å². The molecular formula is C12H20N2O4. The molecule has 0 bridgehead atoms. The molecule has 6 heteroatoms. The van der Waals surface area contributed by atoms with Crippen molar-refractivity contribution >= 4 is 11.9 Å². The average molecular weight is 256 g/mol. The Hall–Kier alpha value is -1.14. The van der Waals surface area contributed by atoms with Gasteiger partial charge in [-0.05, 0) is 19.8 Å². The van der Waals surface area contributed by atoms with Crippen LogP contribution in [0.4, 0.5) is 0 Å². The highest BCUT2D eigenvalue weighted by Crippen LogP contribution is 2.23. The van der Waals surface area contributed by atoms with Gasteiger partial charge in [0.2, 0.25) is 5.91 Å². The van der Waals surface area contributed by atoms with Gasteiger partial charge >= 0.3 is 5.97 Å². The van der Waals surface area contributed by atoms with Gasteiger partial charge in [0.25, 0.3) is 0 Å². The Balaban J connectivity index is 2.06. The molecule has 102 valence electrons. The van der Waals surface area contributed by atoms with Crippen molar-refractivity contribution in [2.45, 2.75) is 44.4 Å². The lowest BCUT2D eigenvalue weighted by molar-refractivity contribution is -0.145. The van der Waals surface area contributed by atoms with E-state index in [-0.39, 0.29) is 24.5 Å². The third-order valence-electron chi connectivity index (χ3n) is 3.67.